The third kappa shape index (κ3) is 1.91. The Bertz CT molecular complexity index is 452. The van der Waals surface area contributed by atoms with Crippen LogP contribution in [0.4, 0.5) is 4.39 Å². The minimum atomic E-state index is -0.486. The Morgan fingerprint density at radius 2 is 2.31 bits per heavy atom. The van der Waals surface area contributed by atoms with E-state index in [-0.39, 0.29) is 11.5 Å². The number of Topliss-reactive ketones (excluding diaryl/α,β-unsaturated/α-hetero) is 1. The van der Waals surface area contributed by atoms with Crippen molar-refractivity contribution in [2.75, 3.05) is 13.7 Å². The van der Waals surface area contributed by atoms with Crippen LogP contribution in [0.5, 0.6) is 5.75 Å². The predicted molar refractivity (Wildman–Crippen MR) is 55.9 cm³/mol. The van der Waals surface area contributed by atoms with E-state index in [1.807, 2.05) is 0 Å². The number of carbonyl (C=O) groups excluding carboxylic acids is 1. The smallest absolute Gasteiger partial charge is 0.227 e. The van der Waals surface area contributed by atoms with Gasteiger partial charge in [0.25, 0.3) is 0 Å². The molecule has 0 fully saturated rings. The molecule has 0 atom stereocenters. The van der Waals surface area contributed by atoms with Crippen LogP contribution in [0.1, 0.15) is 16.8 Å². The molecular weight excluding hydrogens is 211 g/mol. The fourth-order valence-electron chi connectivity index (χ4n) is 1.52. The fourth-order valence-corrected chi connectivity index (χ4v) is 1.52. The molecule has 0 radical (unpaired) electrons. The average Bonchev–Trinajstić information content (AvgIpc) is 2.82. The van der Waals surface area contributed by atoms with Crippen LogP contribution < -0.4 is 4.74 Å². The molecule has 1 aliphatic heterocycles. The van der Waals surface area contributed by atoms with Crippen LogP contribution in [0.15, 0.2) is 30.0 Å². The lowest BCUT2D eigenvalue weighted by Crippen LogP contribution is -2.04. The molecule has 1 aromatic carbocycles. The van der Waals surface area contributed by atoms with Crippen molar-refractivity contribution in [3.05, 3.63) is 41.4 Å². The highest BCUT2D eigenvalue weighted by Gasteiger charge is 2.18. The largest absolute Gasteiger partial charge is 0.494 e. The highest BCUT2D eigenvalue weighted by atomic mass is 19.1. The van der Waals surface area contributed by atoms with Crippen molar-refractivity contribution in [3.8, 4) is 5.75 Å². The number of allylic oxidation sites excluding steroid dienone is 1. The number of ketones is 1. The number of hydrogen-bond donors (Lipinski definition) is 0. The molecule has 0 unspecified atom stereocenters. The summed E-state index contributed by atoms with van der Waals surface area (Å²) in [6.45, 7) is 0.527. The second-order valence-electron chi connectivity index (χ2n) is 3.38. The summed E-state index contributed by atoms with van der Waals surface area (Å²) < 4.78 is 23.1. The molecular formula is C12H11FO3. The maximum absolute atomic E-state index is 13.1. The summed E-state index contributed by atoms with van der Waals surface area (Å²) in [6, 6.07) is 4.00. The minimum absolute atomic E-state index is 0.0597. The molecule has 84 valence electrons. The molecule has 0 bridgehead atoms. The number of carbonyl (C=O) groups is 1. The van der Waals surface area contributed by atoms with Crippen molar-refractivity contribution in [2.24, 2.45) is 0 Å². The van der Waals surface area contributed by atoms with Crippen molar-refractivity contribution in [3.63, 3.8) is 0 Å². The number of ether oxygens (including phenoxy) is 2. The van der Waals surface area contributed by atoms with Crippen LogP contribution in [0.25, 0.3) is 0 Å². The molecule has 1 aliphatic rings. The lowest BCUT2D eigenvalue weighted by Gasteiger charge is -2.06. The lowest BCUT2D eigenvalue weighted by atomic mass is 10.1. The summed E-state index contributed by atoms with van der Waals surface area (Å²) in [7, 11) is 1.36. The van der Waals surface area contributed by atoms with E-state index in [1.54, 1.807) is 6.08 Å². The Kier molecular flexibility index (Phi) is 2.90. The topological polar surface area (TPSA) is 35.5 Å². The van der Waals surface area contributed by atoms with Gasteiger partial charge < -0.3 is 9.47 Å². The summed E-state index contributed by atoms with van der Waals surface area (Å²) in [4.78, 5) is 11.9. The zero-order valence-electron chi connectivity index (χ0n) is 8.83. The first-order chi connectivity index (χ1) is 7.72. The summed E-state index contributed by atoms with van der Waals surface area (Å²) >= 11 is 0. The van der Waals surface area contributed by atoms with Gasteiger partial charge in [-0.15, -0.1) is 0 Å². The van der Waals surface area contributed by atoms with Gasteiger partial charge in [-0.25, -0.2) is 4.39 Å². The molecule has 0 amide bonds. The van der Waals surface area contributed by atoms with Gasteiger partial charge in [0.15, 0.2) is 17.3 Å². The highest BCUT2D eigenvalue weighted by Crippen LogP contribution is 2.22. The number of rotatable bonds is 3. The Labute approximate surface area is 92.5 Å². The van der Waals surface area contributed by atoms with E-state index in [0.29, 0.717) is 17.9 Å². The van der Waals surface area contributed by atoms with E-state index in [2.05, 4.69) is 0 Å². The van der Waals surface area contributed by atoms with Crippen LogP contribution in [0.2, 0.25) is 0 Å². The first kappa shape index (κ1) is 10.7. The van der Waals surface area contributed by atoms with Crippen molar-refractivity contribution in [1.29, 1.82) is 0 Å². The Balaban J connectivity index is 2.30. The van der Waals surface area contributed by atoms with Crippen molar-refractivity contribution in [1.82, 2.24) is 0 Å². The number of methoxy groups -OCH3 is 1. The molecule has 0 N–H and O–H groups in total. The van der Waals surface area contributed by atoms with E-state index >= 15 is 0 Å². The summed E-state index contributed by atoms with van der Waals surface area (Å²) in [6.07, 6.45) is 2.47. The van der Waals surface area contributed by atoms with Gasteiger partial charge in [0.1, 0.15) is 0 Å². The number of halogens is 1. The molecule has 2 rings (SSSR count). The zero-order valence-corrected chi connectivity index (χ0v) is 8.83. The zero-order chi connectivity index (χ0) is 11.5. The molecule has 16 heavy (non-hydrogen) atoms. The van der Waals surface area contributed by atoms with E-state index in [0.717, 1.165) is 6.42 Å². The molecule has 4 heteroatoms. The summed E-state index contributed by atoms with van der Waals surface area (Å²) in [5, 5.41) is 0. The number of benzene rings is 1. The van der Waals surface area contributed by atoms with E-state index in [1.165, 1.54) is 25.3 Å². The molecule has 0 spiro atoms. The van der Waals surface area contributed by atoms with Crippen LogP contribution >= 0.6 is 0 Å². The molecule has 0 aliphatic carbocycles. The Morgan fingerprint density at radius 1 is 1.50 bits per heavy atom. The summed E-state index contributed by atoms with van der Waals surface area (Å²) in [5.41, 5.74) is 0.367. The maximum atomic E-state index is 13.1. The van der Waals surface area contributed by atoms with Crippen LogP contribution in [0, 0.1) is 5.82 Å². The third-order valence-corrected chi connectivity index (χ3v) is 2.34. The lowest BCUT2D eigenvalue weighted by molar-refractivity contribution is 0.0942. The minimum Gasteiger partial charge on any atom is -0.494 e. The van der Waals surface area contributed by atoms with Crippen molar-refractivity contribution < 1.29 is 18.7 Å². The van der Waals surface area contributed by atoms with Crippen LogP contribution in [0.3, 0.4) is 0 Å². The SMILES string of the molecule is COc1cc(C(=O)C2=CCCO2)ccc1F. The molecule has 1 aromatic rings. The molecule has 1 heterocycles. The quantitative estimate of drug-likeness (QED) is 0.736. The second-order valence-corrected chi connectivity index (χ2v) is 3.38. The van der Waals surface area contributed by atoms with E-state index in [9.17, 15) is 9.18 Å². The first-order valence-electron chi connectivity index (χ1n) is 4.93. The maximum Gasteiger partial charge on any atom is 0.227 e. The average molecular weight is 222 g/mol. The van der Waals surface area contributed by atoms with Gasteiger partial charge in [-0.3, -0.25) is 4.79 Å². The molecule has 3 nitrogen and oxygen atoms in total. The Morgan fingerprint density at radius 3 is 2.94 bits per heavy atom. The normalized spacial score (nSPS) is 14.2. The molecule has 0 aromatic heterocycles. The Hall–Kier alpha value is -1.84. The fraction of sp³-hybridized carbons (Fsp3) is 0.250. The van der Waals surface area contributed by atoms with Gasteiger partial charge in [-0.2, -0.15) is 0 Å². The van der Waals surface area contributed by atoms with E-state index < -0.39 is 5.82 Å². The van der Waals surface area contributed by atoms with Crippen LogP contribution in [-0.4, -0.2) is 19.5 Å². The van der Waals surface area contributed by atoms with Crippen LogP contribution in [-0.2, 0) is 4.74 Å². The van der Waals surface area contributed by atoms with Gasteiger partial charge in [-0.1, -0.05) is 0 Å². The van der Waals surface area contributed by atoms with E-state index in [4.69, 9.17) is 9.47 Å². The van der Waals surface area contributed by atoms with Gasteiger partial charge in [0, 0.05) is 12.0 Å². The third-order valence-electron chi connectivity index (χ3n) is 2.34. The van der Waals surface area contributed by atoms with Gasteiger partial charge in [0.05, 0.1) is 13.7 Å². The van der Waals surface area contributed by atoms with Crippen molar-refractivity contribution in [2.45, 2.75) is 6.42 Å². The predicted octanol–water partition coefficient (Wildman–Crippen LogP) is 2.32. The summed E-state index contributed by atoms with van der Waals surface area (Å²) in [5.74, 6) is -0.339. The standard InChI is InChI=1S/C12H11FO3/c1-15-11-7-8(4-5-9(11)13)12(14)10-3-2-6-16-10/h3-5,7H,2,6H2,1H3. The number of hydrogen-bond acceptors (Lipinski definition) is 3. The first-order valence-corrected chi connectivity index (χ1v) is 4.93. The monoisotopic (exact) mass is 222 g/mol. The van der Waals surface area contributed by atoms with Crippen molar-refractivity contribution >= 4 is 5.78 Å². The van der Waals surface area contributed by atoms with Gasteiger partial charge in [0.2, 0.25) is 5.78 Å². The molecule has 0 saturated heterocycles. The van der Waals surface area contributed by atoms with Gasteiger partial charge in [-0.05, 0) is 24.3 Å². The molecule has 0 saturated carbocycles. The second kappa shape index (κ2) is 4.35. The highest BCUT2D eigenvalue weighted by molar-refractivity contribution is 6.07. The van der Waals surface area contributed by atoms with Gasteiger partial charge >= 0.3 is 0 Å².